The van der Waals surface area contributed by atoms with Gasteiger partial charge in [-0.2, -0.15) is 0 Å². The predicted octanol–water partition coefficient (Wildman–Crippen LogP) is 0.886. The fourth-order valence-electron chi connectivity index (χ4n) is 2.97. The molecule has 0 aromatic heterocycles. The van der Waals surface area contributed by atoms with Crippen molar-refractivity contribution >= 4 is 21.9 Å². The second kappa shape index (κ2) is 5.93. The highest BCUT2D eigenvalue weighted by atomic mass is 32.2. The van der Waals surface area contributed by atoms with Crippen LogP contribution in [0.3, 0.4) is 0 Å². The Morgan fingerprint density at radius 3 is 2.39 bits per heavy atom. The molecule has 1 aromatic carbocycles. The van der Waals surface area contributed by atoms with Crippen molar-refractivity contribution in [3.63, 3.8) is 0 Å². The van der Waals surface area contributed by atoms with E-state index >= 15 is 0 Å². The first-order chi connectivity index (χ1) is 10.5. The quantitative estimate of drug-likeness (QED) is 0.847. The van der Waals surface area contributed by atoms with E-state index in [1.165, 1.54) is 11.0 Å². The summed E-state index contributed by atoms with van der Waals surface area (Å²) in [4.78, 5) is 25.2. The van der Waals surface area contributed by atoms with E-state index in [0.717, 1.165) is 0 Å². The van der Waals surface area contributed by atoms with E-state index < -0.39 is 28.0 Å². The van der Waals surface area contributed by atoms with Crippen LogP contribution in [0.25, 0.3) is 0 Å². The number of carbonyl (C=O) groups is 2. The lowest BCUT2D eigenvalue weighted by molar-refractivity contribution is -0.142. The minimum absolute atomic E-state index is 0.0810. The first kappa shape index (κ1) is 17.4. The van der Waals surface area contributed by atoms with Gasteiger partial charge in [0.1, 0.15) is 0 Å². The van der Waals surface area contributed by atoms with E-state index in [4.69, 9.17) is 10.2 Å². The third-order valence-electron chi connectivity index (χ3n) is 4.51. The van der Waals surface area contributed by atoms with Crippen molar-refractivity contribution in [3.05, 3.63) is 28.8 Å². The number of primary sulfonamides is 1. The molecule has 1 amide bonds. The zero-order valence-corrected chi connectivity index (χ0v) is 14.1. The molecule has 2 rings (SSSR count). The fraction of sp³-hybridized carbons (Fsp3) is 0.467. The number of hydrogen-bond acceptors (Lipinski definition) is 4. The van der Waals surface area contributed by atoms with Gasteiger partial charge in [0.15, 0.2) is 0 Å². The lowest BCUT2D eigenvalue weighted by Gasteiger charge is -2.24. The van der Waals surface area contributed by atoms with Gasteiger partial charge in [-0.15, -0.1) is 0 Å². The number of carboxylic acid groups (broad SMARTS) is 1. The van der Waals surface area contributed by atoms with E-state index in [-0.39, 0.29) is 16.4 Å². The molecule has 2 atom stereocenters. The van der Waals surface area contributed by atoms with Gasteiger partial charge in [-0.05, 0) is 50.5 Å². The third kappa shape index (κ3) is 3.23. The molecule has 2 unspecified atom stereocenters. The number of likely N-dealkylation sites (tertiary alicyclic amines) is 1. The van der Waals surface area contributed by atoms with Crippen LogP contribution in [0.1, 0.15) is 34.8 Å². The Kier molecular flexibility index (Phi) is 4.50. The molecular formula is C15H20N2O5S. The van der Waals surface area contributed by atoms with Gasteiger partial charge in [0, 0.05) is 18.2 Å². The molecular weight excluding hydrogens is 320 g/mol. The van der Waals surface area contributed by atoms with Gasteiger partial charge in [0.05, 0.1) is 10.8 Å². The van der Waals surface area contributed by atoms with Gasteiger partial charge in [-0.1, -0.05) is 0 Å². The summed E-state index contributed by atoms with van der Waals surface area (Å²) in [5, 5.41) is 14.4. The van der Waals surface area contributed by atoms with Crippen molar-refractivity contribution in [1.82, 2.24) is 4.90 Å². The molecule has 0 saturated carbocycles. The molecule has 1 aliphatic heterocycles. The molecule has 1 aromatic rings. The topological polar surface area (TPSA) is 118 Å². The summed E-state index contributed by atoms with van der Waals surface area (Å²) in [6, 6.07) is 2.42. The van der Waals surface area contributed by atoms with Gasteiger partial charge in [-0.3, -0.25) is 9.59 Å². The summed E-state index contributed by atoms with van der Waals surface area (Å²) in [5.41, 5.74) is 1.35. The number of rotatable bonds is 3. The van der Waals surface area contributed by atoms with E-state index in [9.17, 15) is 18.0 Å². The zero-order valence-electron chi connectivity index (χ0n) is 13.2. The number of sulfonamides is 1. The molecule has 0 aliphatic carbocycles. The van der Waals surface area contributed by atoms with E-state index in [1.807, 2.05) is 0 Å². The molecule has 0 spiro atoms. The number of benzene rings is 1. The van der Waals surface area contributed by atoms with Crippen LogP contribution in [0.5, 0.6) is 0 Å². The van der Waals surface area contributed by atoms with Gasteiger partial charge in [0.2, 0.25) is 10.0 Å². The maximum absolute atomic E-state index is 12.7. The van der Waals surface area contributed by atoms with Crippen LogP contribution in [-0.2, 0) is 14.8 Å². The second-order valence-electron chi connectivity index (χ2n) is 5.93. The number of nitrogens with two attached hydrogens (primary N) is 1. The Morgan fingerprint density at radius 2 is 1.91 bits per heavy atom. The van der Waals surface area contributed by atoms with Gasteiger partial charge in [0.25, 0.3) is 5.91 Å². The largest absolute Gasteiger partial charge is 0.481 e. The summed E-state index contributed by atoms with van der Waals surface area (Å²) in [6.07, 6.45) is 0.384. The lowest BCUT2D eigenvalue weighted by atomic mass is 10.0. The number of hydrogen-bond donors (Lipinski definition) is 2. The van der Waals surface area contributed by atoms with Crippen molar-refractivity contribution in [1.29, 1.82) is 0 Å². The zero-order chi connectivity index (χ0) is 17.5. The Balaban J connectivity index is 2.42. The van der Waals surface area contributed by atoms with Crippen molar-refractivity contribution < 1.29 is 23.1 Å². The Hall–Kier alpha value is -1.93. The van der Waals surface area contributed by atoms with Gasteiger partial charge < -0.3 is 10.0 Å². The number of carbonyl (C=O) groups excluding carboxylic acids is 1. The molecule has 1 fully saturated rings. The van der Waals surface area contributed by atoms with Crippen LogP contribution in [0.4, 0.5) is 0 Å². The van der Waals surface area contributed by atoms with Crippen molar-refractivity contribution in [2.24, 2.45) is 11.1 Å². The molecule has 1 heterocycles. The number of nitrogens with zero attached hydrogens (tertiary/aromatic N) is 1. The first-order valence-electron chi connectivity index (χ1n) is 7.22. The minimum Gasteiger partial charge on any atom is -0.481 e. The number of aryl methyl sites for hydroxylation is 1. The molecule has 3 N–H and O–H groups in total. The molecule has 0 bridgehead atoms. The van der Waals surface area contributed by atoms with Gasteiger partial charge in [-0.25, -0.2) is 13.6 Å². The smallest absolute Gasteiger partial charge is 0.308 e. The molecule has 8 heteroatoms. The summed E-state index contributed by atoms with van der Waals surface area (Å²) >= 11 is 0. The van der Waals surface area contributed by atoms with Crippen LogP contribution in [-0.4, -0.2) is 42.9 Å². The minimum atomic E-state index is -3.94. The second-order valence-corrected chi connectivity index (χ2v) is 7.46. The number of aliphatic carboxylic acids is 1. The van der Waals surface area contributed by atoms with E-state index in [1.54, 1.807) is 26.8 Å². The number of amides is 1. The summed E-state index contributed by atoms with van der Waals surface area (Å²) in [6.45, 7) is 5.34. The van der Waals surface area contributed by atoms with Crippen molar-refractivity contribution in [2.75, 3.05) is 6.54 Å². The molecule has 1 aliphatic rings. The Bertz CT molecular complexity index is 772. The first-order valence-corrected chi connectivity index (χ1v) is 8.76. The van der Waals surface area contributed by atoms with E-state index in [0.29, 0.717) is 24.1 Å². The Labute approximate surface area is 135 Å². The third-order valence-corrected chi connectivity index (χ3v) is 5.54. The number of carboxylic acids is 1. The van der Waals surface area contributed by atoms with Crippen LogP contribution >= 0.6 is 0 Å². The van der Waals surface area contributed by atoms with Crippen LogP contribution in [0.15, 0.2) is 17.0 Å². The summed E-state index contributed by atoms with van der Waals surface area (Å²) in [7, 11) is -3.94. The molecule has 1 saturated heterocycles. The maximum atomic E-state index is 12.7. The monoisotopic (exact) mass is 340 g/mol. The molecule has 0 radical (unpaired) electrons. The molecule has 126 valence electrons. The van der Waals surface area contributed by atoms with Gasteiger partial charge >= 0.3 is 5.97 Å². The average Bonchev–Trinajstić information content (AvgIpc) is 2.81. The molecule has 7 nitrogen and oxygen atoms in total. The summed E-state index contributed by atoms with van der Waals surface area (Å²) < 4.78 is 23.4. The maximum Gasteiger partial charge on any atom is 0.308 e. The predicted molar refractivity (Wildman–Crippen MR) is 83.5 cm³/mol. The standard InChI is InChI=1S/C15H20N2O5S/c1-8-6-11(7-13(9(8)2)23(16,21)22)14(18)17-5-4-12(10(17)3)15(19)20/h6-7,10,12H,4-5H2,1-3H3,(H,19,20)(H2,16,21,22). The van der Waals surface area contributed by atoms with Crippen molar-refractivity contribution in [3.8, 4) is 0 Å². The highest BCUT2D eigenvalue weighted by Gasteiger charge is 2.38. The van der Waals surface area contributed by atoms with Crippen LogP contribution < -0.4 is 5.14 Å². The molecule has 23 heavy (non-hydrogen) atoms. The normalized spacial score (nSPS) is 21.5. The highest BCUT2D eigenvalue weighted by Crippen LogP contribution is 2.28. The van der Waals surface area contributed by atoms with Crippen molar-refractivity contribution in [2.45, 2.75) is 38.1 Å². The SMILES string of the molecule is Cc1cc(C(=O)N2CCC(C(=O)O)C2C)cc(S(N)(=O)=O)c1C. The fourth-order valence-corrected chi connectivity index (χ4v) is 3.85. The summed E-state index contributed by atoms with van der Waals surface area (Å²) in [5.74, 6) is -1.92. The Morgan fingerprint density at radius 1 is 1.30 bits per heavy atom. The van der Waals surface area contributed by atoms with E-state index in [2.05, 4.69) is 0 Å². The lowest BCUT2D eigenvalue weighted by Crippen LogP contribution is -2.37. The highest BCUT2D eigenvalue weighted by molar-refractivity contribution is 7.89. The van der Waals surface area contributed by atoms with Crippen LogP contribution in [0.2, 0.25) is 0 Å². The van der Waals surface area contributed by atoms with Crippen LogP contribution in [0, 0.1) is 19.8 Å². The average molecular weight is 340 g/mol.